The van der Waals surface area contributed by atoms with Crippen LogP contribution in [0.25, 0.3) is 10.9 Å². The van der Waals surface area contributed by atoms with Gasteiger partial charge in [-0.1, -0.05) is 32.9 Å². The molecule has 1 N–H and O–H groups in total. The second-order valence-corrected chi connectivity index (χ2v) is 10.0. The van der Waals surface area contributed by atoms with Gasteiger partial charge in [0, 0.05) is 38.1 Å². The number of nitrogens with zero attached hydrogens (tertiary/aromatic N) is 5. The average Bonchev–Trinajstić information content (AvgIpc) is 2.70. The van der Waals surface area contributed by atoms with Gasteiger partial charge >= 0.3 is 0 Å². The molecule has 0 radical (unpaired) electrons. The third-order valence-corrected chi connectivity index (χ3v) is 5.73. The number of para-hydroxylation sites is 1. The summed E-state index contributed by atoms with van der Waals surface area (Å²) in [6.07, 6.45) is 2.35. The van der Waals surface area contributed by atoms with Gasteiger partial charge in [0.25, 0.3) is 0 Å². The van der Waals surface area contributed by atoms with E-state index in [0.29, 0.717) is 5.41 Å². The minimum absolute atomic E-state index is 0.409. The number of hydrogen-bond acceptors (Lipinski definition) is 6. The van der Waals surface area contributed by atoms with Crippen LogP contribution in [0, 0.1) is 5.41 Å². The zero-order chi connectivity index (χ0) is 21.6. The molecule has 1 aromatic carbocycles. The van der Waals surface area contributed by atoms with Gasteiger partial charge in [0.05, 0.1) is 12.1 Å². The van der Waals surface area contributed by atoms with Crippen LogP contribution in [0.15, 0.2) is 24.3 Å². The average molecular weight is 413 g/mol. The number of aromatic nitrogens is 2. The lowest BCUT2D eigenvalue weighted by molar-refractivity contribution is 0.114. The van der Waals surface area contributed by atoms with Gasteiger partial charge in [0.1, 0.15) is 11.6 Å². The highest BCUT2D eigenvalue weighted by molar-refractivity contribution is 5.88. The third kappa shape index (κ3) is 7.18. The van der Waals surface area contributed by atoms with Crippen molar-refractivity contribution < 1.29 is 0 Å². The highest BCUT2D eigenvalue weighted by Gasteiger charge is 2.20. The zero-order valence-electron chi connectivity index (χ0n) is 19.6. The summed E-state index contributed by atoms with van der Waals surface area (Å²) >= 11 is 0. The van der Waals surface area contributed by atoms with E-state index in [-0.39, 0.29) is 0 Å². The summed E-state index contributed by atoms with van der Waals surface area (Å²) in [6.45, 7) is 15.4. The molecule has 0 unspecified atom stereocenters. The van der Waals surface area contributed by atoms with Crippen molar-refractivity contribution in [3.8, 4) is 0 Å². The van der Waals surface area contributed by atoms with Gasteiger partial charge in [-0.3, -0.25) is 4.90 Å². The Morgan fingerprint density at radius 2 is 1.70 bits per heavy atom. The molecule has 1 aliphatic rings. The van der Waals surface area contributed by atoms with E-state index in [9.17, 15) is 0 Å². The third-order valence-electron chi connectivity index (χ3n) is 5.73. The van der Waals surface area contributed by atoms with Crippen molar-refractivity contribution in [3.05, 3.63) is 30.1 Å². The Morgan fingerprint density at radius 1 is 1.00 bits per heavy atom. The van der Waals surface area contributed by atoms with E-state index < -0.39 is 0 Å². The van der Waals surface area contributed by atoms with Gasteiger partial charge < -0.3 is 15.1 Å². The minimum atomic E-state index is 0.409. The number of piperazine rings is 1. The molecule has 0 spiro atoms. The summed E-state index contributed by atoms with van der Waals surface area (Å²) in [5.41, 5.74) is 1.44. The van der Waals surface area contributed by atoms with Gasteiger partial charge in [-0.2, -0.15) is 0 Å². The molecule has 6 nitrogen and oxygen atoms in total. The van der Waals surface area contributed by atoms with E-state index >= 15 is 0 Å². The molecule has 0 bridgehead atoms. The predicted octanol–water partition coefficient (Wildman–Crippen LogP) is 3.55. The van der Waals surface area contributed by atoms with E-state index in [1.165, 1.54) is 13.0 Å². The van der Waals surface area contributed by atoms with Crippen LogP contribution in [0.4, 0.5) is 5.82 Å². The molecule has 30 heavy (non-hydrogen) atoms. The predicted molar refractivity (Wildman–Crippen MR) is 127 cm³/mol. The fourth-order valence-electron chi connectivity index (χ4n) is 3.80. The van der Waals surface area contributed by atoms with Crippen LogP contribution < -0.4 is 5.32 Å². The smallest absolute Gasteiger partial charge is 0.145 e. The molecule has 0 amide bonds. The molecule has 1 fully saturated rings. The number of rotatable bonds is 9. The van der Waals surface area contributed by atoms with Crippen LogP contribution in [-0.2, 0) is 6.54 Å². The van der Waals surface area contributed by atoms with Gasteiger partial charge in [-0.25, -0.2) is 9.97 Å². The quantitative estimate of drug-likeness (QED) is 0.636. The fourth-order valence-corrected chi connectivity index (χ4v) is 3.80. The largest absolute Gasteiger partial charge is 0.369 e. The van der Waals surface area contributed by atoms with E-state index in [1.807, 2.05) is 0 Å². The number of fused-ring (bicyclic) bond motifs is 1. The lowest BCUT2D eigenvalue weighted by atomic mass is 9.92. The summed E-state index contributed by atoms with van der Waals surface area (Å²) in [4.78, 5) is 17.1. The molecule has 166 valence electrons. The van der Waals surface area contributed by atoms with Crippen molar-refractivity contribution in [2.24, 2.45) is 5.41 Å². The molecule has 1 aromatic heterocycles. The van der Waals surface area contributed by atoms with E-state index in [1.54, 1.807) is 0 Å². The van der Waals surface area contributed by atoms with Crippen LogP contribution in [0.5, 0.6) is 0 Å². The second-order valence-electron chi connectivity index (χ2n) is 10.0. The van der Waals surface area contributed by atoms with Crippen molar-refractivity contribution in [3.63, 3.8) is 0 Å². The second kappa shape index (κ2) is 10.5. The van der Waals surface area contributed by atoms with Gasteiger partial charge in [-0.05, 0) is 57.6 Å². The SMILES string of the molecule is CN(C)CCCNc1nc(CN2CCN(CCC(C)(C)C)CC2)nc2ccccc12. The Bertz CT molecular complexity index is 790. The van der Waals surface area contributed by atoms with Crippen LogP contribution in [0.1, 0.15) is 39.4 Å². The Balaban J connectivity index is 1.59. The Kier molecular flexibility index (Phi) is 8.03. The number of benzene rings is 1. The summed E-state index contributed by atoms with van der Waals surface area (Å²) < 4.78 is 0. The fraction of sp³-hybridized carbons (Fsp3) is 0.667. The molecular formula is C24H40N6. The molecule has 1 aliphatic heterocycles. The van der Waals surface area contributed by atoms with Gasteiger partial charge in [-0.15, -0.1) is 0 Å². The molecule has 0 saturated carbocycles. The molecule has 2 heterocycles. The molecule has 0 aliphatic carbocycles. The summed E-state index contributed by atoms with van der Waals surface area (Å²) in [7, 11) is 4.22. The van der Waals surface area contributed by atoms with Crippen molar-refractivity contribution in [2.45, 2.75) is 40.2 Å². The Morgan fingerprint density at radius 3 is 2.40 bits per heavy atom. The highest BCUT2D eigenvalue weighted by Crippen LogP contribution is 2.22. The van der Waals surface area contributed by atoms with Crippen molar-refractivity contribution >= 4 is 16.7 Å². The van der Waals surface area contributed by atoms with Crippen LogP contribution in [0.2, 0.25) is 0 Å². The number of anilines is 1. The summed E-state index contributed by atoms with van der Waals surface area (Å²) in [6, 6.07) is 8.33. The normalized spacial score (nSPS) is 16.5. The van der Waals surface area contributed by atoms with Crippen molar-refractivity contribution in [1.29, 1.82) is 0 Å². The minimum Gasteiger partial charge on any atom is -0.369 e. The molecule has 6 heteroatoms. The maximum atomic E-state index is 4.91. The number of nitrogens with one attached hydrogen (secondary N) is 1. The van der Waals surface area contributed by atoms with E-state index in [2.05, 4.69) is 79.1 Å². The maximum absolute atomic E-state index is 4.91. The van der Waals surface area contributed by atoms with Crippen LogP contribution >= 0.6 is 0 Å². The van der Waals surface area contributed by atoms with Gasteiger partial charge in [0.2, 0.25) is 0 Å². The first-order valence-electron chi connectivity index (χ1n) is 11.4. The standard InChI is InChI=1S/C24H40N6/c1-24(2,3)11-14-29-15-17-30(18-16-29)19-22-26-21-10-7-6-9-20(21)23(27-22)25-12-8-13-28(4)5/h6-7,9-10H,8,11-19H2,1-5H3,(H,25,26,27). The van der Waals surface area contributed by atoms with Crippen molar-refractivity contribution in [2.75, 3.05) is 65.2 Å². The topological polar surface area (TPSA) is 47.5 Å². The highest BCUT2D eigenvalue weighted by atomic mass is 15.3. The molecular weight excluding hydrogens is 372 g/mol. The maximum Gasteiger partial charge on any atom is 0.145 e. The summed E-state index contributed by atoms with van der Waals surface area (Å²) in [5.74, 6) is 1.89. The monoisotopic (exact) mass is 412 g/mol. The summed E-state index contributed by atoms with van der Waals surface area (Å²) in [5, 5.41) is 4.66. The molecule has 1 saturated heterocycles. The van der Waals surface area contributed by atoms with E-state index in [0.717, 1.165) is 74.8 Å². The molecule has 3 rings (SSSR count). The lowest BCUT2D eigenvalue weighted by Crippen LogP contribution is -2.46. The Hall–Kier alpha value is -1.76. The molecule has 2 aromatic rings. The Labute approximate surface area is 182 Å². The first-order chi connectivity index (χ1) is 14.3. The van der Waals surface area contributed by atoms with E-state index in [4.69, 9.17) is 9.97 Å². The first-order valence-corrected chi connectivity index (χ1v) is 11.4. The van der Waals surface area contributed by atoms with Gasteiger partial charge in [0.15, 0.2) is 0 Å². The number of hydrogen-bond donors (Lipinski definition) is 1. The zero-order valence-corrected chi connectivity index (χ0v) is 19.6. The van der Waals surface area contributed by atoms with Crippen molar-refractivity contribution in [1.82, 2.24) is 24.7 Å². The van der Waals surface area contributed by atoms with Crippen LogP contribution in [-0.4, -0.2) is 84.6 Å². The lowest BCUT2D eigenvalue weighted by Gasteiger charge is -2.35. The van der Waals surface area contributed by atoms with Crippen LogP contribution in [0.3, 0.4) is 0 Å². The first kappa shape index (κ1) is 22.9. The molecule has 0 atom stereocenters.